The number of nitrogen functional groups attached to an aromatic ring is 1. The van der Waals surface area contributed by atoms with E-state index in [2.05, 4.69) is 20.9 Å². The Balaban J connectivity index is 2.96. The molecule has 0 fully saturated rings. The van der Waals surface area contributed by atoms with Crippen LogP contribution in [0, 0.1) is 0 Å². The molecule has 5 heteroatoms. The molecule has 0 bridgehead atoms. The van der Waals surface area contributed by atoms with Crippen molar-refractivity contribution in [2.24, 2.45) is 0 Å². The van der Waals surface area contributed by atoms with Crippen molar-refractivity contribution in [3.63, 3.8) is 0 Å². The summed E-state index contributed by atoms with van der Waals surface area (Å²) >= 11 is 3.29. The number of nitrogens with zero attached hydrogens (tertiary/aromatic N) is 1. The zero-order chi connectivity index (χ0) is 8.72. The number of benzene rings is 1. The Morgan fingerprint density at radius 2 is 2.25 bits per heavy atom. The smallest absolute Gasteiger partial charge is 0.335 e. The molecule has 0 atom stereocenters. The number of halogens is 1. The molecule has 1 aromatic heterocycles. The number of aromatic amines is 1. The second-order valence-corrected chi connectivity index (χ2v) is 3.38. The molecule has 2 aromatic rings. The molecule has 2 rings (SSSR count). The van der Waals surface area contributed by atoms with Crippen LogP contribution < -0.4 is 11.5 Å². The monoisotopic (exact) mass is 227 g/mol. The quantitative estimate of drug-likeness (QED) is 0.655. The van der Waals surface area contributed by atoms with E-state index in [0.717, 1.165) is 14.7 Å². The first-order valence-electron chi connectivity index (χ1n) is 3.34. The van der Waals surface area contributed by atoms with Gasteiger partial charge in [0.05, 0.1) is 11.0 Å². The van der Waals surface area contributed by atoms with Gasteiger partial charge in [-0.15, -0.1) is 0 Å². The lowest BCUT2D eigenvalue weighted by atomic mass is 10.3. The van der Waals surface area contributed by atoms with Crippen LogP contribution in [0.25, 0.3) is 11.0 Å². The van der Waals surface area contributed by atoms with Crippen LogP contribution in [0.1, 0.15) is 0 Å². The Labute approximate surface area is 76.1 Å². The van der Waals surface area contributed by atoms with Gasteiger partial charge < -0.3 is 10.8 Å². The van der Waals surface area contributed by atoms with E-state index in [-0.39, 0.29) is 5.69 Å². The van der Waals surface area contributed by atoms with Gasteiger partial charge in [0.2, 0.25) is 0 Å². The Hall–Kier alpha value is -1.23. The Morgan fingerprint density at radius 3 is 3.00 bits per heavy atom. The van der Waals surface area contributed by atoms with Gasteiger partial charge >= 0.3 is 5.69 Å². The van der Waals surface area contributed by atoms with Crippen molar-refractivity contribution >= 4 is 27.0 Å². The first kappa shape index (κ1) is 7.42. The van der Waals surface area contributed by atoms with Crippen molar-refractivity contribution in [3.05, 3.63) is 33.2 Å². The maximum absolute atomic E-state index is 11.0. The number of nitrogens with two attached hydrogens (primary N) is 1. The van der Waals surface area contributed by atoms with Crippen LogP contribution in [0.5, 0.6) is 0 Å². The first-order valence-corrected chi connectivity index (χ1v) is 4.13. The van der Waals surface area contributed by atoms with E-state index >= 15 is 0 Å². The molecule has 0 aliphatic heterocycles. The maximum atomic E-state index is 11.0. The first-order chi connectivity index (χ1) is 5.68. The van der Waals surface area contributed by atoms with E-state index in [1.54, 1.807) is 12.1 Å². The van der Waals surface area contributed by atoms with Gasteiger partial charge in [0, 0.05) is 4.47 Å². The van der Waals surface area contributed by atoms with Crippen molar-refractivity contribution in [3.8, 4) is 0 Å². The summed E-state index contributed by atoms with van der Waals surface area (Å²) in [5.41, 5.74) is 1.13. The van der Waals surface area contributed by atoms with Crippen LogP contribution in [0.4, 0.5) is 0 Å². The molecule has 4 nitrogen and oxygen atoms in total. The number of hydrogen-bond donors (Lipinski definition) is 2. The molecule has 0 unspecified atom stereocenters. The second kappa shape index (κ2) is 2.38. The van der Waals surface area contributed by atoms with Gasteiger partial charge in [-0.1, -0.05) is 15.9 Å². The van der Waals surface area contributed by atoms with E-state index in [0.29, 0.717) is 5.52 Å². The summed E-state index contributed by atoms with van der Waals surface area (Å²) in [4.78, 5) is 13.6. The van der Waals surface area contributed by atoms with Crippen LogP contribution in [-0.4, -0.2) is 9.66 Å². The van der Waals surface area contributed by atoms with E-state index in [4.69, 9.17) is 5.84 Å². The van der Waals surface area contributed by atoms with E-state index in [9.17, 15) is 4.79 Å². The number of hydrogen-bond acceptors (Lipinski definition) is 2. The Morgan fingerprint density at radius 1 is 1.50 bits per heavy atom. The third-order valence-electron chi connectivity index (χ3n) is 1.68. The minimum atomic E-state index is -0.303. The topological polar surface area (TPSA) is 63.8 Å². The standard InChI is InChI=1S/C7H6BrN3O/c8-4-1-2-6-5(3-4)10-7(12)11(6)9/h1-3H,9H2,(H,10,12). The van der Waals surface area contributed by atoms with Gasteiger partial charge in [-0.25, -0.2) is 9.47 Å². The molecule has 0 saturated carbocycles. The minimum absolute atomic E-state index is 0.303. The predicted molar refractivity (Wildman–Crippen MR) is 50.4 cm³/mol. The number of aromatic nitrogens is 2. The summed E-state index contributed by atoms with van der Waals surface area (Å²) < 4.78 is 2.00. The van der Waals surface area contributed by atoms with Crippen LogP contribution in [0.3, 0.4) is 0 Å². The second-order valence-electron chi connectivity index (χ2n) is 2.46. The van der Waals surface area contributed by atoms with Crippen molar-refractivity contribution in [1.29, 1.82) is 0 Å². The van der Waals surface area contributed by atoms with Gasteiger partial charge in [0.25, 0.3) is 0 Å². The molecular formula is C7H6BrN3O. The van der Waals surface area contributed by atoms with Crippen LogP contribution in [0.2, 0.25) is 0 Å². The zero-order valence-electron chi connectivity index (χ0n) is 6.04. The largest absolute Gasteiger partial charge is 0.344 e. The number of H-pyrrole nitrogens is 1. The SMILES string of the molecule is Nn1c(=O)[nH]c2cc(Br)ccc21. The molecule has 0 spiro atoms. The fourth-order valence-corrected chi connectivity index (χ4v) is 1.46. The lowest BCUT2D eigenvalue weighted by Gasteiger charge is -1.92. The summed E-state index contributed by atoms with van der Waals surface area (Å²) in [6, 6.07) is 5.41. The molecule has 62 valence electrons. The predicted octanol–water partition coefficient (Wildman–Crippen LogP) is 0.806. The summed E-state index contributed by atoms with van der Waals surface area (Å²) in [5.74, 6) is 5.45. The lowest BCUT2D eigenvalue weighted by Crippen LogP contribution is -2.23. The molecule has 3 N–H and O–H groups in total. The normalized spacial score (nSPS) is 10.8. The zero-order valence-corrected chi connectivity index (χ0v) is 7.63. The van der Waals surface area contributed by atoms with Gasteiger partial charge in [0.1, 0.15) is 0 Å². The van der Waals surface area contributed by atoms with Crippen molar-refractivity contribution in [2.45, 2.75) is 0 Å². The van der Waals surface area contributed by atoms with Gasteiger partial charge in [-0.2, -0.15) is 0 Å². The Bertz CT molecular complexity index is 485. The van der Waals surface area contributed by atoms with Crippen molar-refractivity contribution < 1.29 is 0 Å². The Kier molecular flexibility index (Phi) is 1.47. The highest BCUT2D eigenvalue weighted by atomic mass is 79.9. The van der Waals surface area contributed by atoms with Crippen LogP contribution >= 0.6 is 15.9 Å². The van der Waals surface area contributed by atoms with E-state index in [1.807, 2.05) is 6.07 Å². The average Bonchev–Trinajstić information content (AvgIpc) is 2.28. The lowest BCUT2D eigenvalue weighted by molar-refractivity contribution is 0.967. The highest BCUT2D eigenvalue weighted by Gasteiger charge is 2.02. The summed E-state index contributed by atoms with van der Waals surface area (Å²) in [7, 11) is 0. The van der Waals surface area contributed by atoms with Gasteiger partial charge in [-0.05, 0) is 18.2 Å². The van der Waals surface area contributed by atoms with Crippen molar-refractivity contribution in [2.75, 3.05) is 5.84 Å². The van der Waals surface area contributed by atoms with E-state index in [1.165, 1.54) is 0 Å². The third kappa shape index (κ3) is 0.937. The molecule has 1 heterocycles. The third-order valence-corrected chi connectivity index (χ3v) is 2.17. The van der Waals surface area contributed by atoms with Gasteiger partial charge in [0.15, 0.2) is 0 Å². The summed E-state index contributed by atoms with van der Waals surface area (Å²) in [6.07, 6.45) is 0. The molecular weight excluding hydrogens is 222 g/mol. The summed E-state index contributed by atoms with van der Waals surface area (Å²) in [6.45, 7) is 0. The average molecular weight is 228 g/mol. The highest BCUT2D eigenvalue weighted by Crippen LogP contribution is 2.15. The fraction of sp³-hybridized carbons (Fsp3) is 0. The van der Waals surface area contributed by atoms with Crippen LogP contribution in [-0.2, 0) is 0 Å². The van der Waals surface area contributed by atoms with Crippen LogP contribution in [0.15, 0.2) is 27.5 Å². The molecule has 0 saturated heterocycles. The number of fused-ring (bicyclic) bond motifs is 1. The molecule has 0 aliphatic rings. The molecule has 12 heavy (non-hydrogen) atoms. The molecule has 0 aliphatic carbocycles. The fourth-order valence-electron chi connectivity index (χ4n) is 1.10. The van der Waals surface area contributed by atoms with Crippen molar-refractivity contribution in [1.82, 2.24) is 9.66 Å². The minimum Gasteiger partial charge on any atom is -0.335 e. The maximum Gasteiger partial charge on any atom is 0.344 e. The number of rotatable bonds is 0. The molecule has 0 radical (unpaired) electrons. The summed E-state index contributed by atoms with van der Waals surface area (Å²) in [5, 5.41) is 0. The highest BCUT2D eigenvalue weighted by molar-refractivity contribution is 9.10. The number of imidazole rings is 1. The number of nitrogens with one attached hydrogen (secondary N) is 1. The molecule has 0 amide bonds. The molecule has 1 aromatic carbocycles. The van der Waals surface area contributed by atoms with Gasteiger partial charge in [-0.3, -0.25) is 0 Å². The van der Waals surface area contributed by atoms with E-state index < -0.39 is 0 Å².